The second kappa shape index (κ2) is 4.57. The van der Waals surface area contributed by atoms with E-state index in [4.69, 9.17) is 4.74 Å². The number of carbonyl (C=O) groups excluding carboxylic acids is 2. The highest BCUT2D eigenvalue weighted by atomic mass is 16.5. The molecule has 1 atom stereocenters. The number of hydrogen-bond acceptors (Lipinski definition) is 4. The third-order valence-electron chi connectivity index (χ3n) is 3.07. The maximum absolute atomic E-state index is 11.8. The van der Waals surface area contributed by atoms with Crippen molar-refractivity contribution >= 4 is 11.8 Å². The zero-order chi connectivity index (χ0) is 12.4. The third kappa shape index (κ3) is 2.16. The molecule has 0 saturated carbocycles. The molecular weight excluding hydrogens is 220 g/mol. The van der Waals surface area contributed by atoms with Crippen LogP contribution in [-0.4, -0.2) is 26.0 Å². The van der Waals surface area contributed by atoms with Gasteiger partial charge in [0.2, 0.25) is 0 Å². The number of fused-ring (bicyclic) bond motifs is 1. The number of hydrogen-bond donors (Lipinski definition) is 0. The van der Waals surface area contributed by atoms with Crippen molar-refractivity contribution in [1.82, 2.24) is 0 Å². The number of benzene rings is 1. The van der Waals surface area contributed by atoms with Gasteiger partial charge in [0.15, 0.2) is 5.78 Å². The molecule has 0 fully saturated rings. The highest BCUT2D eigenvalue weighted by molar-refractivity contribution is 6.02. The van der Waals surface area contributed by atoms with E-state index in [1.165, 1.54) is 7.11 Å². The van der Waals surface area contributed by atoms with Crippen molar-refractivity contribution in [3.8, 4) is 5.75 Å². The maximum Gasteiger partial charge on any atom is 0.306 e. The minimum absolute atomic E-state index is 0.0594. The molecule has 0 bridgehead atoms. The highest BCUT2D eigenvalue weighted by Gasteiger charge is 2.31. The molecule has 0 amide bonds. The molecule has 90 valence electrons. The lowest BCUT2D eigenvalue weighted by Gasteiger charge is -2.09. The first-order valence-electron chi connectivity index (χ1n) is 5.43. The van der Waals surface area contributed by atoms with E-state index in [1.54, 1.807) is 13.2 Å². The van der Waals surface area contributed by atoms with E-state index in [0.29, 0.717) is 17.7 Å². The van der Waals surface area contributed by atoms with E-state index in [9.17, 15) is 9.59 Å². The number of ether oxygens (including phenoxy) is 2. The van der Waals surface area contributed by atoms with E-state index >= 15 is 0 Å². The number of rotatable bonds is 3. The predicted molar refractivity (Wildman–Crippen MR) is 61.3 cm³/mol. The smallest absolute Gasteiger partial charge is 0.306 e. The zero-order valence-electron chi connectivity index (χ0n) is 9.86. The number of carbonyl (C=O) groups is 2. The van der Waals surface area contributed by atoms with Crippen LogP contribution < -0.4 is 4.74 Å². The molecule has 0 heterocycles. The zero-order valence-corrected chi connectivity index (χ0v) is 9.86. The van der Waals surface area contributed by atoms with Gasteiger partial charge < -0.3 is 9.47 Å². The summed E-state index contributed by atoms with van der Waals surface area (Å²) in [5.74, 6) is 0.381. The highest BCUT2D eigenvalue weighted by Crippen LogP contribution is 2.37. The Morgan fingerprint density at radius 3 is 2.82 bits per heavy atom. The van der Waals surface area contributed by atoms with Crippen molar-refractivity contribution in [3.63, 3.8) is 0 Å². The fourth-order valence-corrected chi connectivity index (χ4v) is 2.17. The Kier molecular flexibility index (Phi) is 3.13. The van der Waals surface area contributed by atoms with Crippen LogP contribution in [0.2, 0.25) is 0 Å². The van der Waals surface area contributed by atoms with Crippen molar-refractivity contribution in [2.24, 2.45) is 0 Å². The minimum Gasteiger partial charge on any atom is -0.497 e. The molecule has 1 aromatic carbocycles. The first kappa shape index (κ1) is 11.6. The molecule has 17 heavy (non-hydrogen) atoms. The second-order valence-corrected chi connectivity index (χ2v) is 4.06. The van der Waals surface area contributed by atoms with Crippen LogP contribution in [-0.2, 0) is 9.53 Å². The summed E-state index contributed by atoms with van der Waals surface area (Å²) in [5, 5.41) is 0. The minimum atomic E-state index is -0.286. The van der Waals surface area contributed by atoms with Crippen LogP contribution in [0.5, 0.6) is 5.75 Å². The Labute approximate surface area is 99.5 Å². The quantitative estimate of drug-likeness (QED) is 0.750. The normalized spacial score (nSPS) is 17.8. The molecular formula is C13H14O4. The lowest BCUT2D eigenvalue weighted by molar-refractivity contribution is -0.141. The summed E-state index contributed by atoms with van der Waals surface area (Å²) in [6.07, 6.45) is 0.624. The lowest BCUT2D eigenvalue weighted by atomic mass is 9.98. The standard InChI is InChI=1S/C13H14O4/c1-16-9-3-4-10-8(6-13(15)17-2)5-12(14)11(10)7-9/h3-4,7-8H,5-6H2,1-2H3. The van der Waals surface area contributed by atoms with Crippen LogP contribution in [0.3, 0.4) is 0 Å². The molecule has 0 aliphatic heterocycles. The van der Waals surface area contributed by atoms with Gasteiger partial charge in [-0.05, 0) is 17.7 Å². The largest absolute Gasteiger partial charge is 0.497 e. The van der Waals surface area contributed by atoms with Gasteiger partial charge >= 0.3 is 5.97 Å². The first-order chi connectivity index (χ1) is 8.15. The summed E-state index contributed by atoms with van der Waals surface area (Å²) in [5.41, 5.74) is 1.58. The molecule has 1 aliphatic rings. The fraction of sp³-hybridized carbons (Fsp3) is 0.385. The van der Waals surface area contributed by atoms with E-state index in [1.807, 2.05) is 12.1 Å². The van der Waals surface area contributed by atoms with Gasteiger partial charge in [0.25, 0.3) is 0 Å². The molecule has 0 N–H and O–H groups in total. The number of ketones is 1. The van der Waals surface area contributed by atoms with Gasteiger partial charge in [0, 0.05) is 17.9 Å². The van der Waals surface area contributed by atoms with Crippen LogP contribution in [0.4, 0.5) is 0 Å². The molecule has 1 aromatic rings. The molecule has 4 nitrogen and oxygen atoms in total. The Hall–Kier alpha value is -1.84. The van der Waals surface area contributed by atoms with Gasteiger partial charge in [-0.25, -0.2) is 0 Å². The summed E-state index contributed by atoms with van der Waals surface area (Å²) < 4.78 is 9.71. The Bertz CT molecular complexity index is 464. The summed E-state index contributed by atoms with van der Waals surface area (Å²) in [7, 11) is 2.92. The lowest BCUT2D eigenvalue weighted by Crippen LogP contribution is -2.06. The molecule has 0 radical (unpaired) electrons. The Morgan fingerprint density at radius 1 is 1.41 bits per heavy atom. The van der Waals surface area contributed by atoms with E-state index < -0.39 is 0 Å². The van der Waals surface area contributed by atoms with E-state index in [2.05, 4.69) is 4.74 Å². The molecule has 1 aliphatic carbocycles. The van der Waals surface area contributed by atoms with Crippen LogP contribution in [0.15, 0.2) is 18.2 Å². The SMILES string of the molecule is COC(=O)CC1CC(=O)c2cc(OC)ccc21. The van der Waals surface area contributed by atoms with E-state index in [-0.39, 0.29) is 24.1 Å². The van der Waals surface area contributed by atoms with Crippen LogP contribution in [0.25, 0.3) is 0 Å². The van der Waals surface area contributed by atoms with E-state index in [0.717, 1.165) is 5.56 Å². The molecule has 1 unspecified atom stereocenters. The van der Waals surface area contributed by atoms with Gasteiger partial charge in [0.05, 0.1) is 20.6 Å². The van der Waals surface area contributed by atoms with Crippen LogP contribution in [0, 0.1) is 0 Å². The third-order valence-corrected chi connectivity index (χ3v) is 3.07. The van der Waals surface area contributed by atoms with Crippen LogP contribution >= 0.6 is 0 Å². The summed E-state index contributed by atoms with van der Waals surface area (Å²) in [4.78, 5) is 23.1. The Balaban J connectivity index is 2.28. The van der Waals surface area contributed by atoms with Crippen molar-refractivity contribution in [1.29, 1.82) is 0 Å². The molecule has 4 heteroatoms. The van der Waals surface area contributed by atoms with Crippen LogP contribution in [0.1, 0.15) is 34.7 Å². The molecule has 0 saturated heterocycles. The Morgan fingerprint density at radius 2 is 2.18 bits per heavy atom. The fourth-order valence-electron chi connectivity index (χ4n) is 2.17. The number of Topliss-reactive ketones (excluding diaryl/α,β-unsaturated/α-hetero) is 1. The summed E-state index contributed by atoms with van der Waals surface area (Å²) in [6.45, 7) is 0. The molecule has 2 rings (SSSR count). The van der Waals surface area contributed by atoms with Crippen molar-refractivity contribution < 1.29 is 19.1 Å². The predicted octanol–water partition coefficient (Wildman–Crippen LogP) is 1.93. The van der Waals surface area contributed by atoms with Gasteiger partial charge in [0.1, 0.15) is 5.75 Å². The molecule has 0 aromatic heterocycles. The van der Waals surface area contributed by atoms with Crippen molar-refractivity contribution in [2.75, 3.05) is 14.2 Å². The first-order valence-corrected chi connectivity index (χ1v) is 5.43. The average molecular weight is 234 g/mol. The monoisotopic (exact) mass is 234 g/mol. The average Bonchev–Trinajstić information content (AvgIpc) is 2.65. The number of esters is 1. The van der Waals surface area contributed by atoms with Crippen molar-refractivity contribution in [2.45, 2.75) is 18.8 Å². The molecule has 0 spiro atoms. The topological polar surface area (TPSA) is 52.6 Å². The van der Waals surface area contributed by atoms with Gasteiger partial charge in [-0.1, -0.05) is 6.07 Å². The number of methoxy groups -OCH3 is 2. The maximum atomic E-state index is 11.8. The van der Waals surface area contributed by atoms with Gasteiger partial charge in [-0.2, -0.15) is 0 Å². The van der Waals surface area contributed by atoms with Crippen molar-refractivity contribution in [3.05, 3.63) is 29.3 Å². The van der Waals surface area contributed by atoms with Gasteiger partial charge in [-0.15, -0.1) is 0 Å². The van der Waals surface area contributed by atoms with Gasteiger partial charge in [-0.3, -0.25) is 9.59 Å². The summed E-state index contributed by atoms with van der Waals surface area (Å²) >= 11 is 0. The summed E-state index contributed by atoms with van der Waals surface area (Å²) in [6, 6.07) is 5.39. The second-order valence-electron chi connectivity index (χ2n) is 4.06.